The van der Waals surface area contributed by atoms with Crippen LogP contribution in [0.2, 0.25) is 0 Å². The number of rotatable bonds is 6. The Kier molecular flexibility index (Phi) is 5.87. The van der Waals surface area contributed by atoms with Crippen LogP contribution in [-0.2, 0) is 6.54 Å². The molecule has 2 aliphatic heterocycles. The summed E-state index contributed by atoms with van der Waals surface area (Å²) in [5.41, 5.74) is 0.928. The summed E-state index contributed by atoms with van der Waals surface area (Å²) in [5, 5.41) is 8.44. The van der Waals surface area contributed by atoms with Crippen LogP contribution < -0.4 is 18.9 Å². The summed E-state index contributed by atoms with van der Waals surface area (Å²) in [4.78, 5) is 14.9. The van der Waals surface area contributed by atoms with Gasteiger partial charge in [-0.3, -0.25) is 9.69 Å². The molecule has 34 heavy (non-hydrogen) atoms. The van der Waals surface area contributed by atoms with Crippen LogP contribution in [0.3, 0.4) is 0 Å². The Morgan fingerprint density at radius 1 is 1.00 bits per heavy atom. The lowest BCUT2D eigenvalue weighted by Gasteiger charge is -2.43. The molecule has 3 aromatic rings. The minimum Gasteiger partial charge on any atom is -0.493 e. The fourth-order valence-corrected chi connectivity index (χ4v) is 4.67. The third-order valence-electron chi connectivity index (χ3n) is 6.50. The van der Waals surface area contributed by atoms with Gasteiger partial charge in [0.15, 0.2) is 17.3 Å². The third-order valence-corrected chi connectivity index (χ3v) is 6.50. The number of ketones is 1. The summed E-state index contributed by atoms with van der Waals surface area (Å²) in [6, 6.07) is 11.0. The smallest absolute Gasteiger partial charge is 0.248 e. The van der Waals surface area contributed by atoms with Gasteiger partial charge in [-0.15, -0.1) is 10.2 Å². The van der Waals surface area contributed by atoms with Crippen molar-refractivity contribution in [2.45, 2.75) is 31.4 Å². The Bertz CT molecular complexity index is 1170. The molecule has 0 N–H and O–H groups in total. The standard InChI is InChI=1S/C25H27N3O6/c1-30-20-12-16(13-21(31-2)23(20)32-3)24-27-26-22(33-24)15-28-10-8-25(9-11-28)14-18(29)17-6-4-5-7-19(17)34-25/h4-7,12-13H,8-11,14-15H2,1-3H3. The molecular weight excluding hydrogens is 438 g/mol. The second-order valence-corrected chi connectivity index (χ2v) is 8.57. The summed E-state index contributed by atoms with van der Waals surface area (Å²) < 4.78 is 28.5. The number of fused-ring (bicyclic) bond motifs is 1. The van der Waals surface area contributed by atoms with Crippen molar-refractivity contribution in [2.24, 2.45) is 0 Å². The molecule has 0 amide bonds. The maximum atomic E-state index is 12.6. The van der Waals surface area contributed by atoms with Gasteiger partial charge in [0.05, 0.1) is 39.9 Å². The molecule has 1 aromatic heterocycles. The van der Waals surface area contributed by atoms with E-state index in [1.807, 2.05) is 24.3 Å². The lowest BCUT2D eigenvalue weighted by molar-refractivity contribution is -0.0122. The minimum atomic E-state index is -0.432. The van der Waals surface area contributed by atoms with Crippen molar-refractivity contribution < 1.29 is 28.2 Å². The number of methoxy groups -OCH3 is 3. The van der Waals surface area contributed by atoms with Crippen LogP contribution in [0, 0.1) is 0 Å². The highest BCUT2D eigenvalue weighted by Gasteiger charge is 2.42. The number of piperidine rings is 1. The zero-order valence-electron chi connectivity index (χ0n) is 19.5. The molecule has 5 rings (SSSR count). The maximum absolute atomic E-state index is 12.6. The second kappa shape index (κ2) is 8.98. The van der Waals surface area contributed by atoms with Gasteiger partial charge < -0.3 is 23.4 Å². The zero-order valence-corrected chi connectivity index (χ0v) is 19.5. The van der Waals surface area contributed by atoms with Crippen LogP contribution in [-0.4, -0.2) is 60.9 Å². The Morgan fingerprint density at radius 2 is 1.71 bits per heavy atom. The van der Waals surface area contributed by atoms with E-state index in [-0.39, 0.29) is 5.78 Å². The molecule has 0 unspecified atom stereocenters. The van der Waals surface area contributed by atoms with E-state index in [0.717, 1.165) is 25.9 Å². The number of nitrogens with zero attached hydrogens (tertiary/aromatic N) is 3. The summed E-state index contributed by atoms with van der Waals surface area (Å²) in [6.45, 7) is 2.08. The molecule has 1 spiro atoms. The van der Waals surface area contributed by atoms with Crippen LogP contribution in [0.15, 0.2) is 40.8 Å². The van der Waals surface area contributed by atoms with Crippen LogP contribution in [0.25, 0.3) is 11.5 Å². The van der Waals surface area contributed by atoms with Gasteiger partial charge in [0, 0.05) is 31.5 Å². The number of hydrogen-bond acceptors (Lipinski definition) is 9. The molecule has 1 saturated heterocycles. The Morgan fingerprint density at radius 3 is 2.38 bits per heavy atom. The molecule has 0 bridgehead atoms. The van der Waals surface area contributed by atoms with E-state index in [4.69, 9.17) is 23.4 Å². The SMILES string of the molecule is COc1cc(-c2nnc(CN3CCC4(CC3)CC(=O)c3ccccc3O4)o2)cc(OC)c1OC. The fourth-order valence-electron chi connectivity index (χ4n) is 4.67. The van der Waals surface area contributed by atoms with Crippen molar-refractivity contribution in [3.8, 4) is 34.5 Å². The van der Waals surface area contributed by atoms with Crippen molar-refractivity contribution in [1.29, 1.82) is 0 Å². The Hall–Kier alpha value is -3.59. The average molecular weight is 466 g/mol. The number of hydrogen-bond donors (Lipinski definition) is 0. The summed E-state index contributed by atoms with van der Waals surface area (Å²) in [7, 11) is 4.68. The molecule has 0 aliphatic carbocycles. The molecule has 9 heteroatoms. The molecule has 9 nitrogen and oxygen atoms in total. The number of para-hydroxylation sites is 1. The first-order valence-corrected chi connectivity index (χ1v) is 11.2. The fraction of sp³-hybridized carbons (Fsp3) is 0.400. The minimum absolute atomic E-state index is 0.155. The van der Waals surface area contributed by atoms with E-state index in [1.54, 1.807) is 33.5 Å². The first-order valence-electron chi connectivity index (χ1n) is 11.2. The lowest BCUT2D eigenvalue weighted by Crippen LogP contribution is -2.50. The number of carbonyl (C=O) groups excluding carboxylic acids is 1. The van der Waals surface area contributed by atoms with Gasteiger partial charge in [-0.25, -0.2) is 0 Å². The van der Waals surface area contributed by atoms with Gasteiger partial charge in [-0.2, -0.15) is 0 Å². The predicted octanol–water partition coefficient (Wildman–Crippen LogP) is 3.76. The van der Waals surface area contributed by atoms with Crippen molar-refractivity contribution >= 4 is 5.78 Å². The molecule has 3 heterocycles. The highest BCUT2D eigenvalue weighted by atomic mass is 16.5. The first-order chi connectivity index (χ1) is 16.5. The third kappa shape index (κ3) is 4.07. The van der Waals surface area contributed by atoms with Crippen LogP contribution in [0.5, 0.6) is 23.0 Å². The van der Waals surface area contributed by atoms with Gasteiger partial charge in [-0.05, 0) is 24.3 Å². The van der Waals surface area contributed by atoms with Crippen LogP contribution >= 0.6 is 0 Å². The summed E-state index contributed by atoms with van der Waals surface area (Å²) >= 11 is 0. The quantitative estimate of drug-likeness (QED) is 0.539. The highest BCUT2D eigenvalue weighted by Crippen LogP contribution is 2.41. The van der Waals surface area contributed by atoms with E-state index >= 15 is 0 Å². The van der Waals surface area contributed by atoms with Crippen molar-refractivity contribution in [3.63, 3.8) is 0 Å². The first kappa shape index (κ1) is 22.2. The van der Waals surface area contributed by atoms with E-state index in [0.29, 0.717) is 58.9 Å². The number of ether oxygens (including phenoxy) is 4. The number of carbonyl (C=O) groups is 1. The van der Waals surface area contributed by atoms with Crippen molar-refractivity contribution in [1.82, 2.24) is 15.1 Å². The van der Waals surface area contributed by atoms with Gasteiger partial charge in [-0.1, -0.05) is 12.1 Å². The normalized spacial score (nSPS) is 17.2. The summed E-state index contributed by atoms with van der Waals surface area (Å²) in [6.07, 6.45) is 1.95. The molecule has 2 aromatic carbocycles. The second-order valence-electron chi connectivity index (χ2n) is 8.57. The lowest BCUT2D eigenvalue weighted by atomic mass is 9.82. The summed E-state index contributed by atoms with van der Waals surface area (Å²) in [5.74, 6) is 3.28. The maximum Gasteiger partial charge on any atom is 0.248 e. The molecular formula is C25H27N3O6. The monoisotopic (exact) mass is 465 g/mol. The number of Topliss-reactive ketones (excluding diaryl/α,β-unsaturated/α-hetero) is 1. The number of aromatic nitrogens is 2. The molecule has 0 saturated carbocycles. The van der Waals surface area contributed by atoms with Gasteiger partial charge in [0.1, 0.15) is 11.4 Å². The number of likely N-dealkylation sites (tertiary alicyclic amines) is 1. The number of benzene rings is 2. The van der Waals surface area contributed by atoms with E-state index in [1.165, 1.54) is 0 Å². The van der Waals surface area contributed by atoms with Crippen LogP contribution in [0.1, 0.15) is 35.5 Å². The zero-order chi connectivity index (χ0) is 23.7. The van der Waals surface area contributed by atoms with E-state index < -0.39 is 5.60 Å². The molecule has 0 radical (unpaired) electrons. The Labute approximate surface area is 197 Å². The van der Waals surface area contributed by atoms with Gasteiger partial charge in [0.2, 0.25) is 17.5 Å². The van der Waals surface area contributed by atoms with Crippen molar-refractivity contribution in [3.05, 3.63) is 47.9 Å². The Balaban J connectivity index is 1.26. The van der Waals surface area contributed by atoms with E-state index in [2.05, 4.69) is 15.1 Å². The van der Waals surface area contributed by atoms with Crippen molar-refractivity contribution in [2.75, 3.05) is 34.4 Å². The predicted molar refractivity (Wildman–Crippen MR) is 123 cm³/mol. The van der Waals surface area contributed by atoms with Crippen LogP contribution in [0.4, 0.5) is 0 Å². The molecule has 178 valence electrons. The average Bonchev–Trinajstić information content (AvgIpc) is 3.33. The highest BCUT2D eigenvalue weighted by molar-refractivity contribution is 6.00. The molecule has 2 aliphatic rings. The topological polar surface area (TPSA) is 96.2 Å². The van der Waals surface area contributed by atoms with Gasteiger partial charge >= 0.3 is 0 Å². The largest absolute Gasteiger partial charge is 0.493 e. The van der Waals surface area contributed by atoms with Gasteiger partial charge in [0.25, 0.3) is 0 Å². The molecule has 1 fully saturated rings. The van der Waals surface area contributed by atoms with E-state index in [9.17, 15) is 4.79 Å². The molecule has 0 atom stereocenters.